The summed E-state index contributed by atoms with van der Waals surface area (Å²) in [6, 6.07) is 0. The Labute approximate surface area is 86.9 Å². The smallest absolute Gasteiger partial charge is 0.366 e. The molecule has 0 aliphatic heterocycles. The fraction of sp³-hybridized carbons (Fsp3) is 0.714. The predicted octanol–water partition coefficient (Wildman–Crippen LogP) is 1.96. The Morgan fingerprint density at radius 3 is 2.31 bits per heavy atom. The van der Waals surface area contributed by atoms with Crippen LogP contribution in [0.15, 0.2) is 0 Å². The van der Waals surface area contributed by atoms with E-state index >= 15 is 0 Å². The van der Waals surface area contributed by atoms with E-state index in [1.165, 1.54) is 0 Å². The lowest BCUT2D eigenvalue weighted by Gasteiger charge is -2.21. The van der Waals surface area contributed by atoms with E-state index in [4.69, 9.17) is 11.6 Å². The Bertz CT molecular complexity index is 209. The molecule has 0 aromatic heterocycles. The predicted molar refractivity (Wildman–Crippen MR) is 51.0 cm³/mol. The molecule has 6 heteroatoms. The quantitative estimate of drug-likeness (QED) is 0.452. The average molecular weight is 227 g/mol. The zero-order chi connectivity index (χ0) is 10.5. The van der Waals surface area contributed by atoms with Gasteiger partial charge in [0.05, 0.1) is 6.61 Å². The molecule has 0 aliphatic rings. The van der Waals surface area contributed by atoms with E-state index in [1.54, 1.807) is 13.8 Å². The largest absolute Gasteiger partial charge is 0.462 e. The van der Waals surface area contributed by atoms with E-state index in [9.17, 15) is 9.59 Å². The summed E-state index contributed by atoms with van der Waals surface area (Å²) in [5.41, 5.74) is 0. The molecule has 0 N–H and O–H groups in total. The van der Waals surface area contributed by atoms with Gasteiger partial charge in [0.2, 0.25) is 0 Å². The minimum atomic E-state index is -1.74. The summed E-state index contributed by atoms with van der Waals surface area (Å²) in [6.45, 7) is 3.41. The summed E-state index contributed by atoms with van der Waals surface area (Å²) >= 11 is 9.04. The van der Waals surface area contributed by atoms with Crippen LogP contribution in [0.2, 0.25) is 0 Å². The second-order valence-corrected chi connectivity index (χ2v) is 3.15. The van der Waals surface area contributed by atoms with Crippen LogP contribution in [0.25, 0.3) is 0 Å². The van der Waals surface area contributed by atoms with E-state index in [0.717, 1.165) is 0 Å². The molecule has 0 saturated heterocycles. The van der Waals surface area contributed by atoms with E-state index in [-0.39, 0.29) is 13.0 Å². The Balaban J connectivity index is 4.42. The third kappa shape index (κ3) is 3.87. The fourth-order valence-electron chi connectivity index (χ4n) is 0.635. The third-order valence-electron chi connectivity index (χ3n) is 1.28. The van der Waals surface area contributed by atoms with Crippen molar-refractivity contribution < 1.29 is 19.1 Å². The topological polar surface area (TPSA) is 52.6 Å². The van der Waals surface area contributed by atoms with Gasteiger partial charge in [-0.15, -0.1) is 0 Å². The van der Waals surface area contributed by atoms with Gasteiger partial charge in [-0.1, -0.05) is 31.2 Å². The van der Waals surface area contributed by atoms with Crippen LogP contribution in [-0.4, -0.2) is 22.9 Å². The Hall–Kier alpha value is -0.420. The number of rotatable bonds is 4. The van der Waals surface area contributed by atoms with Gasteiger partial charge in [0.1, 0.15) is 0 Å². The van der Waals surface area contributed by atoms with Crippen LogP contribution >= 0.6 is 24.2 Å². The van der Waals surface area contributed by atoms with E-state index < -0.39 is 16.3 Å². The Kier molecular flexibility index (Phi) is 5.17. The highest BCUT2D eigenvalue weighted by Crippen LogP contribution is 2.24. The van der Waals surface area contributed by atoms with Crippen molar-refractivity contribution in [3.63, 3.8) is 0 Å². The molecule has 0 bridgehead atoms. The minimum absolute atomic E-state index is 0.125. The first kappa shape index (κ1) is 12.6. The van der Waals surface area contributed by atoms with Crippen molar-refractivity contribution in [1.29, 1.82) is 0 Å². The van der Waals surface area contributed by atoms with Crippen LogP contribution in [0.5, 0.6) is 0 Å². The SMILES string of the molecule is CCOC(=O)C(Cl)(CC)OC(=O)S. The number of alkyl halides is 1. The summed E-state index contributed by atoms with van der Waals surface area (Å²) in [7, 11) is 0. The lowest BCUT2D eigenvalue weighted by molar-refractivity contribution is -0.156. The van der Waals surface area contributed by atoms with Gasteiger partial charge >= 0.3 is 11.3 Å². The first-order valence-electron chi connectivity index (χ1n) is 3.74. The van der Waals surface area contributed by atoms with Crippen LogP contribution in [-0.2, 0) is 14.3 Å². The number of halogens is 1. The second kappa shape index (κ2) is 5.34. The summed E-state index contributed by atoms with van der Waals surface area (Å²) in [5.74, 6) is -0.776. The molecular weight excluding hydrogens is 216 g/mol. The normalized spacial score (nSPS) is 14.5. The van der Waals surface area contributed by atoms with Gasteiger partial charge in [-0.05, 0) is 6.92 Å². The average Bonchev–Trinajstić information content (AvgIpc) is 2.03. The molecule has 0 rings (SSSR count). The van der Waals surface area contributed by atoms with Crippen molar-refractivity contribution in [3.8, 4) is 0 Å². The number of esters is 1. The lowest BCUT2D eigenvalue weighted by atomic mass is 10.3. The van der Waals surface area contributed by atoms with Crippen molar-refractivity contribution in [2.45, 2.75) is 25.3 Å². The lowest BCUT2D eigenvalue weighted by Crippen LogP contribution is -2.37. The molecule has 13 heavy (non-hydrogen) atoms. The first-order chi connectivity index (χ1) is 5.96. The van der Waals surface area contributed by atoms with Crippen LogP contribution in [0.4, 0.5) is 4.79 Å². The highest BCUT2D eigenvalue weighted by Gasteiger charge is 2.39. The van der Waals surface area contributed by atoms with Crippen molar-refractivity contribution in [3.05, 3.63) is 0 Å². The van der Waals surface area contributed by atoms with Crippen LogP contribution in [0.3, 0.4) is 0 Å². The molecule has 0 spiro atoms. The minimum Gasteiger partial charge on any atom is -0.462 e. The Morgan fingerprint density at radius 1 is 1.46 bits per heavy atom. The highest BCUT2D eigenvalue weighted by molar-refractivity contribution is 7.96. The molecule has 1 atom stereocenters. The van der Waals surface area contributed by atoms with E-state index in [0.29, 0.717) is 0 Å². The molecule has 4 nitrogen and oxygen atoms in total. The van der Waals surface area contributed by atoms with Gasteiger partial charge in [-0.3, -0.25) is 0 Å². The van der Waals surface area contributed by atoms with E-state index in [2.05, 4.69) is 22.1 Å². The molecule has 0 fully saturated rings. The standard InChI is InChI=1S/C7H11ClO4S/c1-3-7(8,12-6(10)13)5(9)11-4-2/h3-4H2,1-2H3,(H,10,13). The Morgan fingerprint density at radius 2 is 2.00 bits per heavy atom. The molecule has 0 amide bonds. The van der Waals surface area contributed by atoms with Crippen LogP contribution in [0.1, 0.15) is 20.3 Å². The fourth-order valence-corrected chi connectivity index (χ4v) is 0.970. The number of carbonyl (C=O) groups excluding carboxylic acids is 2. The van der Waals surface area contributed by atoms with Crippen molar-refractivity contribution in [2.24, 2.45) is 0 Å². The molecule has 1 unspecified atom stereocenters. The van der Waals surface area contributed by atoms with Crippen LogP contribution in [0, 0.1) is 0 Å². The van der Waals surface area contributed by atoms with Gasteiger partial charge in [-0.2, -0.15) is 0 Å². The molecule has 0 aromatic carbocycles. The monoisotopic (exact) mass is 226 g/mol. The zero-order valence-corrected chi connectivity index (χ0v) is 9.02. The molecule has 0 saturated carbocycles. The van der Waals surface area contributed by atoms with Crippen molar-refractivity contribution in [2.75, 3.05) is 6.61 Å². The summed E-state index contributed by atoms with van der Waals surface area (Å²) < 4.78 is 9.13. The summed E-state index contributed by atoms with van der Waals surface area (Å²) in [4.78, 5) is 21.6. The summed E-state index contributed by atoms with van der Waals surface area (Å²) in [5, 5.41) is -2.65. The maximum Gasteiger partial charge on any atom is 0.366 e. The van der Waals surface area contributed by atoms with Crippen molar-refractivity contribution in [1.82, 2.24) is 0 Å². The number of hydrogen-bond acceptors (Lipinski definition) is 4. The molecule has 76 valence electrons. The number of ether oxygens (including phenoxy) is 2. The zero-order valence-electron chi connectivity index (χ0n) is 7.37. The van der Waals surface area contributed by atoms with Gasteiger partial charge < -0.3 is 9.47 Å². The van der Waals surface area contributed by atoms with Gasteiger partial charge in [0.25, 0.3) is 5.06 Å². The molecule has 0 radical (unpaired) electrons. The maximum absolute atomic E-state index is 11.2. The molecule has 0 heterocycles. The maximum atomic E-state index is 11.2. The first-order valence-corrected chi connectivity index (χ1v) is 4.56. The molecule has 0 aliphatic carbocycles. The van der Waals surface area contributed by atoms with Gasteiger partial charge in [0.15, 0.2) is 0 Å². The van der Waals surface area contributed by atoms with E-state index in [1.807, 2.05) is 0 Å². The van der Waals surface area contributed by atoms with Crippen LogP contribution < -0.4 is 0 Å². The number of hydrogen-bond donors (Lipinski definition) is 1. The van der Waals surface area contributed by atoms with Crippen molar-refractivity contribution >= 4 is 35.5 Å². The number of thiol groups is 1. The highest BCUT2D eigenvalue weighted by atomic mass is 35.5. The molecule has 0 aromatic rings. The summed E-state index contributed by atoms with van der Waals surface area (Å²) in [6.07, 6.45) is 0.125. The van der Waals surface area contributed by atoms with Gasteiger partial charge in [-0.25, -0.2) is 9.59 Å². The number of carbonyl (C=O) groups is 2. The third-order valence-corrected chi connectivity index (χ3v) is 1.87. The van der Waals surface area contributed by atoms with Gasteiger partial charge in [0, 0.05) is 6.42 Å². The second-order valence-electron chi connectivity index (χ2n) is 2.17. The molecular formula is C7H11ClO4S.